The number of carbonyl (C=O) groups is 2. The first-order valence-electron chi connectivity index (χ1n) is 24.4. The lowest BCUT2D eigenvalue weighted by atomic mass is 10.0. The zero-order valence-electron chi connectivity index (χ0n) is 36.9. The molecule has 0 aliphatic heterocycles. The number of aliphatic hydroxyl groups is 2. The Balaban J connectivity index is 3.45. The highest BCUT2D eigenvalue weighted by molar-refractivity contribution is 5.76. The topological polar surface area (TPSA) is 95.9 Å². The van der Waals surface area contributed by atoms with Crippen LogP contribution < -0.4 is 5.32 Å². The average Bonchev–Trinajstić information content (AvgIpc) is 3.18. The van der Waals surface area contributed by atoms with Gasteiger partial charge in [-0.3, -0.25) is 9.59 Å². The number of nitrogens with one attached hydrogen (secondary N) is 1. The molecule has 0 saturated heterocycles. The molecule has 0 rings (SSSR count). The van der Waals surface area contributed by atoms with Crippen LogP contribution in [0.5, 0.6) is 0 Å². The van der Waals surface area contributed by atoms with Gasteiger partial charge >= 0.3 is 5.97 Å². The van der Waals surface area contributed by atoms with Crippen molar-refractivity contribution in [2.75, 3.05) is 13.2 Å². The van der Waals surface area contributed by atoms with Crippen LogP contribution in [0.25, 0.3) is 0 Å². The third kappa shape index (κ3) is 42.0. The fraction of sp³-hybridized carbons (Fsp3) is 0.918. The predicted octanol–water partition coefficient (Wildman–Crippen LogP) is 14.2. The molecular weight excluding hydrogens is 683 g/mol. The van der Waals surface area contributed by atoms with E-state index in [-0.39, 0.29) is 18.5 Å². The Morgan fingerprint density at radius 3 is 1.29 bits per heavy atom. The largest absolute Gasteiger partial charge is 0.466 e. The Labute approximate surface area is 342 Å². The van der Waals surface area contributed by atoms with Gasteiger partial charge in [0.1, 0.15) is 0 Å². The van der Waals surface area contributed by atoms with Gasteiger partial charge in [-0.15, -0.1) is 0 Å². The summed E-state index contributed by atoms with van der Waals surface area (Å²) in [6.45, 7) is 4.91. The first-order chi connectivity index (χ1) is 27.0. The third-order valence-corrected chi connectivity index (χ3v) is 11.3. The second-order valence-corrected chi connectivity index (χ2v) is 16.8. The summed E-state index contributed by atoms with van der Waals surface area (Å²) in [5.41, 5.74) is 0. The number of rotatable bonds is 45. The Bertz CT molecular complexity index is 817. The van der Waals surface area contributed by atoms with Crippen molar-refractivity contribution >= 4 is 11.9 Å². The van der Waals surface area contributed by atoms with Crippen LogP contribution in [0.15, 0.2) is 12.2 Å². The van der Waals surface area contributed by atoms with E-state index in [1.54, 1.807) is 0 Å². The molecule has 55 heavy (non-hydrogen) atoms. The Morgan fingerprint density at radius 1 is 0.491 bits per heavy atom. The van der Waals surface area contributed by atoms with Gasteiger partial charge < -0.3 is 20.3 Å². The molecule has 1 amide bonds. The molecule has 0 aromatic carbocycles. The van der Waals surface area contributed by atoms with Gasteiger partial charge in [0.2, 0.25) is 5.91 Å². The molecule has 0 fully saturated rings. The van der Waals surface area contributed by atoms with E-state index >= 15 is 0 Å². The van der Waals surface area contributed by atoms with E-state index < -0.39 is 12.1 Å². The van der Waals surface area contributed by atoms with Crippen LogP contribution in [-0.4, -0.2) is 47.4 Å². The predicted molar refractivity (Wildman–Crippen MR) is 237 cm³/mol. The van der Waals surface area contributed by atoms with Gasteiger partial charge in [0.05, 0.1) is 25.4 Å². The van der Waals surface area contributed by atoms with Gasteiger partial charge in [-0.2, -0.15) is 0 Å². The maximum atomic E-state index is 12.4. The minimum atomic E-state index is -0.669. The summed E-state index contributed by atoms with van der Waals surface area (Å²) in [5.74, 6) is -0.0512. The number of esters is 1. The number of allylic oxidation sites excluding steroid dienone is 2. The van der Waals surface area contributed by atoms with E-state index in [1.807, 2.05) is 0 Å². The fourth-order valence-electron chi connectivity index (χ4n) is 7.51. The molecule has 0 radical (unpaired) electrons. The highest BCUT2D eigenvalue weighted by Gasteiger charge is 2.20. The van der Waals surface area contributed by atoms with E-state index in [9.17, 15) is 19.8 Å². The molecule has 2 unspecified atom stereocenters. The molecule has 6 nitrogen and oxygen atoms in total. The maximum absolute atomic E-state index is 12.4. The standard InChI is InChI=1S/C49H95NO5/c1-3-5-7-9-11-13-22-27-31-35-39-43-49(54)55-44-40-36-32-28-24-21-19-17-15-16-18-20-23-26-30-34-38-42-48(53)50-46(45-51)47(52)41-37-33-29-25-14-12-10-8-6-4-2/h15,17,46-47,51-52H,3-14,16,18-45H2,1-2H3,(H,50,53)/b17-15-. The highest BCUT2D eigenvalue weighted by Crippen LogP contribution is 2.16. The van der Waals surface area contributed by atoms with Crippen molar-refractivity contribution in [3.8, 4) is 0 Å². The number of hydrogen-bond donors (Lipinski definition) is 3. The van der Waals surface area contributed by atoms with Crippen molar-refractivity contribution in [3.05, 3.63) is 12.2 Å². The van der Waals surface area contributed by atoms with Gasteiger partial charge in [-0.05, 0) is 51.4 Å². The number of unbranched alkanes of at least 4 members (excludes halogenated alkanes) is 32. The molecule has 2 atom stereocenters. The van der Waals surface area contributed by atoms with Gasteiger partial charge in [-0.1, -0.05) is 212 Å². The molecule has 6 heteroatoms. The van der Waals surface area contributed by atoms with Crippen molar-refractivity contribution in [3.63, 3.8) is 0 Å². The lowest BCUT2D eigenvalue weighted by molar-refractivity contribution is -0.143. The lowest BCUT2D eigenvalue weighted by Crippen LogP contribution is -2.45. The van der Waals surface area contributed by atoms with Crippen molar-refractivity contribution in [2.45, 2.75) is 276 Å². The number of hydrogen-bond acceptors (Lipinski definition) is 5. The number of ether oxygens (including phenoxy) is 1. The van der Waals surface area contributed by atoms with Crippen molar-refractivity contribution in [1.29, 1.82) is 0 Å². The molecular formula is C49H95NO5. The number of aliphatic hydroxyl groups excluding tert-OH is 2. The third-order valence-electron chi connectivity index (χ3n) is 11.3. The summed E-state index contributed by atoms with van der Waals surface area (Å²) in [6, 6.07) is -0.547. The van der Waals surface area contributed by atoms with Crippen LogP contribution in [0.2, 0.25) is 0 Å². The normalized spacial score (nSPS) is 12.7. The van der Waals surface area contributed by atoms with E-state index in [0.717, 1.165) is 51.4 Å². The fourth-order valence-corrected chi connectivity index (χ4v) is 7.51. The van der Waals surface area contributed by atoms with E-state index in [4.69, 9.17) is 4.74 Å². The summed E-state index contributed by atoms with van der Waals surface area (Å²) in [6.07, 6.45) is 50.3. The summed E-state index contributed by atoms with van der Waals surface area (Å²) >= 11 is 0. The van der Waals surface area contributed by atoms with Crippen molar-refractivity contribution < 1.29 is 24.5 Å². The van der Waals surface area contributed by atoms with Crippen molar-refractivity contribution in [1.82, 2.24) is 5.32 Å². The monoisotopic (exact) mass is 778 g/mol. The van der Waals surface area contributed by atoms with Crippen LogP contribution in [0.1, 0.15) is 264 Å². The first kappa shape index (κ1) is 53.6. The van der Waals surface area contributed by atoms with Gasteiger partial charge in [-0.25, -0.2) is 0 Å². The zero-order chi connectivity index (χ0) is 40.1. The minimum absolute atomic E-state index is 0.00246. The first-order valence-corrected chi connectivity index (χ1v) is 24.4. The molecule has 0 aliphatic carbocycles. The van der Waals surface area contributed by atoms with Crippen molar-refractivity contribution in [2.24, 2.45) is 0 Å². The summed E-state index contributed by atoms with van der Waals surface area (Å²) < 4.78 is 5.44. The molecule has 0 spiro atoms. The number of carbonyl (C=O) groups excluding carboxylic acids is 2. The second-order valence-electron chi connectivity index (χ2n) is 16.8. The average molecular weight is 778 g/mol. The smallest absolute Gasteiger partial charge is 0.305 e. The molecule has 0 bridgehead atoms. The van der Waals surface area contributed by atoms with Crippen LogP contribution in [-0.2, 0) is 14.3 Å². The maximum Gasteiger partial charge on any atom is 0.305 e. The molecule has 0 aromatic rings. The Hall–Kier alpha value is -1.40. The summed E-state index contributed by atoms with van der Waals surface area (Å²) in [5, 5.41) is 23.1. The highest BCUT2D eigenvalue weighted by atomic mass is 16.5. The SMILES string of the molecule is CCCCCCCCCCCCCC(=O)OCCCCCCCC/C=C\CCCCCCCCCC(=O)NC(CO)C(O)CCCCCCCCCCCC. The van der Waals surface area contributed by atoms with Crippen LogP contribution in [0.4, 0.5) is 0 Å². The number of amides is 1. The minimum Gasteiger partial charge on any atom is -0.466 e. The quantitative estimate of drug-likeness (QED) is 0.0325. The molecule has 3 N–H and O–H groups in total. The molecule has 0 aliphatic rings. The van der Waals surface area contributed by atoms with Gasteiger partial charge in [0.15, 0.2) is 0 Å². The molecule has 326 valence electrons. The molecule has 0 aromatic heterocycles. The summed E-state index contributed by atoms with van der Waals surface area (Å²) in [7, 11) is 0. The van der Waals surface area contributed by atoms with E-state index in [1.165, 1.54) is 180 Å². The molecule has 0 heterocycles. The zero-order valence-corrected chi connectivity index (χ0v) is 36.9. The Morgan fingerprint density at radius 2 is 0.855 bits per heavy atom. The van der Waals surface area contributed by atoms with Crippen LogP contribution >= 0.6 is 0 Å². The van der Waals surface area contributed by atoms with Crippen LogP contribution in [0.3, 0.4) is 0 Å². The lowest BCUT2D eigenvalue weighted by Gasteiger charge is -2.22. The Kier molecular flexibility index (Phi) is 44.2. The summed E-state index contributed by atoms with van der Waals surface area (Å²) in [4.78, 5) is 24.3. The van der Waals surface area contributed by atoms with Gasteiger partial charge in [0.25, 0.3) is 0 Å². The van der Waals surface area contributed by atoms with Gasteiger partial charge in [0, 0.05) is 12.8 Å². The van der Waals surface area contributed by atoms with Crippen LogP contribution in [0, 0.1) is 0 Å². The van der Waals surface area contributed by atoms with E-state index in [2.05, 4.69) is 31.3 Å². The van der Waals surface area contributed by atoms with E-state index in [0.29, 0.717) is 25.9 Å². The molecule has 0 saturated carbocycles. The second kappa shape index (κ2) is 45.3.